The van der Waals surface area contributed by atoms with Crippen LogP contribution in [0.3, 0.4) is 0 Å². The van der Waals surface area contributed by atoms with Crippen molar-refractivity contribution in [3.63, 3.8) is 0 Å². The molecule has 28 heavy (non-hydrogen) atoms. The Labute approximate surface area is 164 Å². The van der Waals surface area contributed by atoms with Crippen LogP contribution in [0.2, 0.25) is 0 Å². The summed E-state index contributed by atoms with van der Waals surface area (Å²) in [6.07, 6.45) is 0.0402. The summed E-state index contributed by atoms with van der Waals surface area (Å²) in [5.74, 6) is -0.400. The van der Waals surface area contributed by atoms with Gasteiger partial charge in [-0.15, -0.1) is 0 Å². The third-order valence-electron chi connectivity index (χ3n) is 4.53. The molecule has 2 aromatic carbocycles. The highest BCUT2D eigenvalue weighted by Gasteiger charge is 2.36. The van der Waals surface area contributed by atoms with E-state index in [4.69, 9.17) is 10.00 Å². The van der Waals surface area contributed by atoms with Crippen LogP contribution in [0.15, 0.2) is 48.5 Å². The van der Waals surface area contributed by atoms with Crippen molar-refractivity contribution in [1.29, 1.82) is 5.26 Å². The van der Waals surface area contributed by atoms with Crippen LogP contribution in [0.4, 0.5) is 5.69 Å². The third-order valence-corrected chi connectivity index (χ3v) is 6.50. The van der Waals surface area contributed by atoms with E-state index in [0.29, 0.717) is 24.3 Å². The van der Waals surface area contributed by atoms with Crippen molar-refractivity contribution in [2.75, 3.05) is 30.5 Å². The van der Waals surface area contributed by atoms with Gasteiger partial charge in [-0.2, -0.15) is 18.0 Å². The predicted octanol–water partition coefficient (Wildman–Crippen LogP) is 2.55. The van der Waals surface area contributed by atoms with Crippen LogP contribution in [0, 0.1) is 11.3 Å². The van der Waals surface area contributed by atoms with E-state index in [2.05, 4.69) is 6.07 Å². The third kappa shape index (κ3) is 4.16. The number of anilines is 1. The highest BCUT2D eigenvalue weighted by atomic mass is 32.2. The van der Waals surface area contributed by atoms with Gasteiger partial charge in [-0.25, -0.2) is 0 Å². The van der Waals surface area contributed by atoms with Crippen molar-refractivity contribution >= 4 is 21.9 Å². The first-order valence-electron chi connectivity index (χ1n) is 8.99. The number of ether oxygens (including phenoxy) is 1. The predicted molar refractivity (Wildman–Crippen MR) is 106 cm³/mol. The Hall–Kier alpha value is -2.89. The normalized spacial score (nSPS) is 15.9. The summed E-state index contributed by atoms with van der Waals surface area (Å²) in [6, 6.07) is 16.5. The van der Waals surface area contributed by atoms with E-state index >= 15 is 0 Å². The molecule has 0 aliphatic carbocycles. The Morgan fingerprint density at radius 2 is 1.68 bits per heavy atom. The molecule has 146 valence electrons. The van der Waals surface area contributed by atoms with Gasteiger partial charge in [-0.3, -0.25) is 9.10 Å². The smallest absolute Gasteiger partial charge is 0.307 e. The Balaban J connectivity index is 1.71. The number of rotatable bonds is 6. The second-order valence-electron chi connectivity index (χ2n) is 6.27. The maximum absolute atomic E-state index is 12.8. The number of hydrogen-bond acceptors (Lipinski definition) is 5. The number of nitriles is 1. The molecule has 0 amide bonds. The molecule has 0 unspecified atom stereocenters. The summed E-state index contributed by atoms with van der Waals surface area (Å²) in [4.78, 5) is 11.5. The molecule has 3 rings (SSSR count). The van der Waals surface area contributed by atoms with E-state index in [1.54, 1.807) is 31.2 Å². The number of nitrogens with zero attached hydrogens (tertiary/aromatic N) is 3. The van der Waals surface area contributed by atoms with Gasteiger partial charge in [0.25, 0.3) is 0 Å². The van der Waals surface area contributed by atoms with Crippen LogP contribution in [0.1, 0.15) is 18.9 Å². The van der Waals surface area contributed by atoms with Crippen LogP contribution in [0.25, 0.3) is 11.1 Å². The summed E-state index contributed by atoms with van der Waals surface area (Å²) < 4.78 is 33.0. The van der Waals surface area contributed by atoms with Crippen molar-refractivity contribution < 1.29 is 17.9 Å². The SMILES string of the molecule is CCOC(=O)CCN1CCN(c2ccc(-c3ccc(C#N)cc3)cc2)S1(=O)=O. The molecule has 0 aromatic heterocycles. The average molecular weight is 399 g/mol. The van der Waals surface area contributed by atoms with Crippen LogP contribution in [-0.4, -0.2) is 44.9 Å². The van der Waals surface area contributed by atoms with Crippen molar-refractivity contribution in [1.82, 2.24) is 4.31 Å². The minimum atomic E-state index is -3.66. The summed E-state index contributed by atoms with van der Waals surface area (Å²) in [7, 11) is -3.66. The van der Waals surface area contributed by atoms with Gasteiger partial charge in [0.1, 0.15) is 0 Å². The Kier molecular flexibility index (Phi) is 5.97. The molecule has 7 nitrogen and oxygen atoms in total. The number of carbonyl (C=O) groups excluding carboxylic acids is 1. The Morgan fingerprint density at radius 3 is 2.25 bits per heavy atom. The molecule has 0 radical (unpaired) electrons. The fourth-order valence-corrected chi connectivity index (χ4v) is 4.68. The zero-order valence-corrected chi connectivity index (χ0v) is 16.4. The van der Waals surface area contributed by atoms with Crippen LogP contribution >= 0.6 is 0 Å². The molecular formula is C20H21N3O4S. The monoisotopic (exact) mass is 399 g/mol. The van der Waals surface area contributed by atoms with E-state index in [1.165, 1.54) is 8.61 Å². The minimum absolute atomic E-state index is 0.0402. The molecule has 0 spiro atoms. The quantitative estimate of drug-likeness (QED) is 0.696. The van der Waals surface area contributed by atoms with Crippen LogP contribution < -0.4 is 4.31 Å². The van der Waals surface area contributed by atoms with Crippen molar-refractivity contribution in [3.8, 4) is 17.2 Å². The molecular weight excluding hydrogens is 378 g/mol. The highest BCUT2D eigenvalue weighted by molar-refractivity contribution is 7.90. The molecule has 1 aliphatic rings. The number of carbonyl (C=O) groups is 1. The van der Waals surface area contributed by atoms with E-state index in [1.807, 2.05) is 24.3 Å². The van der Waals surface area contributed by atoms with Gasteiger partial charge in [0.05, 0.1) is 30.3 Å². The van der Waals surface area contributed by atoms with Crippen LogP contribution in [-0.2, 0) is 19.7 Å². The molecule has 8 heteroatoms. The lowest BCUT2D eigenvalue weighted by atomic mass is 10.0. The number of esters is 1. The maximum atomic E-state index is 12.8. The molecule has 1 aliphatic heterocycles. The zero-order chi connectivity index (χ0) is 20.1. The van der Waals surface area contributed by atoms with E-state index < -0.39 is 16.2 Å². The molecule has 0 N–H and O–H groups in total. The van der Waals surface area contributed by atoms with Gasteiger partial charge in [-0.05, 0) is 42.3 Å². The molecule has 0 bridgehead atoms. The van der Waals surface area contributed by atoms with Crippen molar-refractivity contribution in [3.05, 3.63) is 54.1 Å². The van der Waals surface area contributed by atoms with Gasteiger partial charge in [0.15, 0.2) is 0 Å². The van der Waals surface area contributed by atoms with Gasteiger partial charge < -0.3 is 4.74 Å². The van der Waals surface area contributed by atoms with Gasteiger partial charge >= 0.3 is 16.2 Å². The molecule has 0 saturated carbocycles. The second-order valence-corrected chi connectivity index (χ2v) is 8.12. The Morgan fingerprint density at radius 1 is 1.07 bits per heavy atom. The molecule has 2 aromatic rings. The standard InChI is InChI=1S/C20H21N3O4S/c1-2-27-20(24)11-12-22-13-14-23(28(22,25)26)19-9-7-18(8-10-19)17-5-3-16(15-21)4-6-17/h3-10H,2,11-14H2,1H3. The summed E-state index contributed by atoms with van der Waals surface area (Å²) >= 11 is 0. The lowest BCUT2D eigenvalue weighted by molar-refractivity contribution is -0.143. The highest BCUT2D eigenvalue weighted by Crippen LogP contribution is 2.28. The first kappa shape index (κ1) is 19.9. The lowest BCUT2D eigenvalue weighted by Gasteiger charge is -2.20. The van der Waals surface area contributed by atoms with Gasteiger partial charge in [0.2, 0.25) is 0 Å². The molecule has 1 saturated heterocycles. The van der Waals surface area contributed by atoms with Gasteiger partial charge in [-0.1, -0.05) is 24.3 Å². The van der Waals surface area contributed by atoms with Gasteiger partial charge in [0, 0.05) is 19.6 Å². The first-order valence-corrected chi connectivity index (χ1v) is 10.4. The van der Waals surface area contributed by atoms with Crippen molar-refractivity contribution in [2.24, 2.45) is 0 Å². The number of benzene rings is 2. The fraction of sp³-hybridized carbons (Fsp3) is 0.300. The zero-order valence-electron chi connectivity index (χ0n) is 15.5. The molecule has 0 atom stereocenters. The molecule has 1 fully saturated rings. The average Bonchev–Trinajstić information content (AvgIpc) is 3.00. The summed E-state index contributed by atoms with van der Waals surface area (Å²) in [5.41, 5.74) is 3.05. The summed E-state index contributed by atoms with van der Waals surface area (Å²) in [6.45, 7) is 2.78. The largest absolute Gasteiger partial charge is 0.466 e. The number of hydrogen-bond donors (Lipinski definition) is 0. The second kappa shape index (κ2) is 8.42. The lowest BCUT2D eigenvalue weighted by Crippen LogP contribution is -2.34. The Bertz CT molecular complexity index is 980. The summed E-state index contributed by atoms with van der Waals surface area (Å²) in [5, 5.41) is 8.88. The fourth-order valence-electron chi connectivity index (χ4n) is 3.07. The minimum Gasteiger partial charge on any atom is -0.466 e. The van der Waals surface area contributed by atoms with Crippen LogP contribution in [0.5, 0.6) is 0 Å². The van der Waals surface area contributed by atoms with Crippen molar-refractivity contribution in [2.45, 2.75) is 13.3 Å². The topological polar surface area (TPSA) is 90.7 Å². The maximum Gasteiger partial charge on any atom is 0.307 e. The molecule has 1 heterocycles. The van der Waals surface area contributed by atoms with E-state index in [-0.39, 0.29) is 19.6 Å². The van der Waals surface area contributed by atoms with E-state index in [9.17, 15) is 13.2 Å². The van der Waals surface area contributed by atoms with E-state index in [0.717, 1.165) is 11.1 Å². The first-order chi connectivity index (χ1) is 13.5.